The van der Waals surface area contributed by atoms with Gasteiger partial charge in [-0.05, 0) is 42.5 Å². The van der Waals surface area contributed by atoms with E-state index in [-0.39, 0.29) is 33.5 Å². The second-order valence-corrected chi connectivity index (χ2v) is 9.11. The predicted octanol–water partition coefficient (Wildman–Crippen LogP) is 2.86. The Morgan fingerprint density at radius 2 is 1.90 bits per heavy atom. The van der Waals surface area contributed by atoms with Crippen molar-refractivity contribution >= 4 is 33.4 Å². The van der Waals surface area contributed by atoms with Crippen LogP contribution in [0.25, 0.3) is 11.5 Å². The van der Waals surface area contributed by atoms with Crippen LogP contribution < -0.4 is 5.32 Å². The molecule has 0 fully saturated rings. The van der Waals surface area contributed by atoms with Crippen molar-refractivity contribution in [3.8, 4) is 11.5 Å². The lowest BCUT2D eigenvalue weighted by Gasteiger charge is -2.12. The maximum Gasteiger partial charge on any atom is 0.277 e. The number of thioether (sulfide) groups is 1. The van der Waals surface area contributed by atoms with E-state index in [0.29, 0.717) is 11.3 Å². The van der Waals surface area contributed by atoms with E-state index >= 15 is 0 Å². The molecule has 29 heavy (non-hydrogen) atoms. The summed E-state index contributed by atoms with van der Waals surface area (Å²) >= 11 is 1.03. The molecule has 8 nitrogen and oxygen atoms in total. The molecule has 0 saturated carbocycles. The molecule has 0 aliphatic heterocycles. The van der Waals surface area contributed by atoms with E-state index in [1.54, 1.807) is 12.1 Å². The van der Waals surface area contributed by atoms with Crippen molar-refractivity contribution in [3.63, 3.8) is 0 Å². The van der Waals surface area contributed by atoms with Crippen LogP contribution >= 0.6 is 11.8 Å². The van der Waals surface area contributed by atoms with Crippen molar-refractivity contribution in [2.24, 2.45) is 0 Å². The molecule has 11 heteroatoms. The van der Waals surface area contributed by atoms with Gasteiger partial charge in [-0.3, -0.25) is 4.79 Å². The summed E-state index contributed by atoms with van der Waals surface area (Å²) in [4.78, 5) is 12.2. The first-order chi connectivity index (χ1) is 13.8. The summed E-state index contributed by atoms with van der Waals surface area (Å²) in [5, 5.41) is 10.5. The van der Waals surface area contributed by atoms with E-state index in [1.807, 2.05) is 0 Å². The lowest BCUT2D eigenvalue weighted by molar-refractivity contribution is -0.113. The fourth-order valence-electron chi connectivity index (χ4n) is 2.25. The minimum Gasteiger partial charge on any atom is -0.411 e. The van der Waals surface area contributed by atoms with E-state index < -0.39 is 10.0 Å². The first kappa shape index (κ1) is 21.0. The number of amides is 1. The lowest BCUT2D eigenvalue weighted by atomic mass is 10.2. The molecule has 2 aromatic carbocycles. The van der Waals surface area contributed by atoms with Crippen LogP contribution in [0.1, 0.15) is 0 Å². The number of benzene rings is 2. The molecule has 0 spiro atoms. The van der Waals surface area contributed by atoms with Crippen LogP contribution in [0.3, 0.4) is 0 Å². The van der Waals surface area contributed by atoms with Crippen LogP contribution in [0, 0.1) is 5.82 Å². The Kier molecular flexibility index (Phi) is 6.30. The number of halogens is 1. The highest BCUT2D eigenvalue weighted by atomic mass is 32.2. The fourth-order valence-corrected chi connectivity index (χ4v) is 3.76. The van der Waals surface area contributed by atoms with Crippen LogP contribution in [-0.2, 0) is 14.8 Å². The summed E-state index contributed by atoms with van der Waals surface area (Å²) in [5.41, 5.74) is 0.921. The Morgan fingerprint density at radius 1 is 1.17 bits per heavy atom. The molecule has 1 amide bonds. The van der Waals surface area contributed by atoms with Gasteiger partial charge in [0.05, 0.1) is 10.6 Å². The van der Waals surface area contributed by atoms with Gasteiger partial charge in [-0.15, -0.1) is 10.2 Å². The highest BCUT2D eigenvalue weighted by molar-refractivity contribution is 7.99. The van der Waals surface area contributed by atoms with Gasteiger partial charge in [-0.1, -0.05) is 17.8 Å². The molecule has 1 aromatic heterocycles. The lowest BCUT2D eigenvalue weighted by Crippen LogP contribution is -2.22. The molecule has 0 saturated heterocycles. The minimum absolute atomic E-state index is 0.0181. The zero-order chi connectivity index (χ0) is 21.0. The summed E-state index contributed by atoms with van der Waals surface area (Å²) in [6.45, 7) is 0. The van der Waals surface area contributed by atoms with Crippen molar-refractivity contribution in [1.82, 2.24) is 14.5 Å². The van der Waals surface area contributed by atoms with Gasteiger partial charge in [0.2, 0.25) is 21.8 Å². The van der Waals surface area contributed by atoms with E-state index in [0.717, 1.165) is 16.1 Å². The number of anilines is 1. The van der Waals surface area contributed by atoms with E-state index in [9.17, 15) is 17.6 Å². The number of carbonyl (C=O) groups is 1. The van der Waals surface area contributed by atoms with Gasteiger partial charge in [-0.2, -0.15) is 0 Å². The molecule has 3 rings (SSSR count). The first-order valence-corrected chi connectivity index (χ1v) is 10.7. The molecule has 0 unspecified atom stereocenters. The summed E-state index contributed by atoms with van der Waals surface area (Å²) in [6.07, 6.45) is 0. The van der Waals surface area contributed by atoms with Crippen LogP contribution in [0.15, 0.2) is 63.1 Å². The first-order valence-electron chi connectivity index (χ1n) is 8.30. The van der Waals surface area contributed by atoms with Crippen molar-refractivity contribution in [2.45, 2.75) is 10.1 Å². The van der Waals surface area contributed by atoms with E-state index in [4.69, 9.17) is 4.42 Å². The number of hydrogen-bond donors (Lipinski definition) is 1. The van der Waals surface area contributed by atoms with E-state index in [1.165, 1.54) is 50.5 Å². The molecular formula is C18H17FN4O4S2. The number of aromatic nitrogens is 2. The zero-order valence-corrected chi connectivity index (χ0v) is 17.1. The zero-order valence-electron chi connectivity index (χ0n) is 15.5. The molecule has 152 valence electrons. The van der Waals surface area contributed by atoms with Crippen molar-refractivity contribution in [3.05, 3.63) is 54.3 Å². The highest BCUT2D eigenvalue weighted by Crippen LogP contribution is 2.24. The monoisotopic (exact) mass is 436 g/mol. The topological polar surface area (TPSA) is 105 Å². The van der Waals surface area contributed by atoms with Crippen LogP contribution in [0.5, 0.6) is 0 Å². The second kappa shape index (κ2) is 8.72. The maximum absolute atomic E-state index is 13.0. The standard InChI is InChI=1S/C18H17FN4O4S2/c1-23(2)29(25,26)15-5-3-4-14(10-15)20-16(24)11-28-18-22-21-17(27-18)12-6-8-13(19)9-7-12/h3-10H,11H2,1-2H3,(H,20,24). The SMILES string of the molecule is CN(C)S(=O)(=O)c1cccc(NC(=O)CSc2nnc(-c3ccc(F)cc3)o2)c1. The summed E-state index contributed by atoms with van der Waals surface area (Å²) in [6, 6.07) is 11.6. The molecule has 3 aromatic rings. The smallest absolute Gasteiger partial charge is 0.277 e. The Balaban J connectivity index is 1.60. The minimum atomic E-state index is -3.60. The number of nitrogens with one attached hydrogen (secondary N) is 1. The molecular weight excluding hydrogens is 419 g/mol. The highest BCUT2D eigenvalue weighted by Gasteiger charge is 2.18. The number of carbonyl (C=O) groups excluding carboxylic acids is 1. The average Bonchev–Trinajstić information content (AvgIpc) is 3.16. The molecule has 0 radical (unpaired) electrons. The van der Waals surface area contributed by atoms with Gasteiger partial charge < -0.3 is 9.73 Å². The average molecular weight is 436 g/mol. The van der Waals surface area contributed by atoms with Gasteiger partial charge in [-0.25, -0.2) is 17.1 Å². The van der Waals surface area contributed by atoms with Crippen LogP contribution in [-0.4, -0.2) is 48.7 Å². The van der Waals surface area contributed by atoms with Crippen molar-refractivity contribution in [1.29, 1.82) is 0 Å². The maximum atomic E-state index is 13.0. The predicted molar refractivity (Wildman–Crippen MR) is 106 cm³/mol. The molecule has 0 aliphatic rings. The molecule has 1 heterocycles. The Bertz CT molecular complexity index is 1110. The van der Waals surface area contributed by atoms with Gasteiger partial charge in [0.15, 0.2) is 0 Å². The third-order valence-electron chi connectivity index (χ3n) is 3.72. The summed E-state index contributed by atoms with van der Waals surface area (Å²) in [5.74, 6) is -0.539. The molecule has 0 bridgehead atoms. The Labute approximate surface area is 171 Å². The third-order valence-corrected chi connectivity index (χ3v) is 6.35. The summed E-state index contributed by atoms with van der Waals surface area (Å²) in [7, 11) is -0.732. The molecule has 0 aliphatic carbocycles. The molecule has 0 atom stereocenters. The number of nitrogens with zero attached hydrogens (tertiary/aromatic N) is 3. The Hall–Kier alpha value is -2.76. The quantitative estimate of drug-likeness (QED) is 0.568. The number of rotatable bonds is 7. The molecule has 1 N–H and O–H groups in total. The number of sulfonamides is 1. The number of hydrogen-bond acceptors (Lipinski definition) is 7. The van der Waals surface area contributed by atoms with Gasteiger partial charge in [0.1, 0.15) is 5.82 Å². The van der Waals surface area contributed by atoms with Crippen LogP contribution in [0.4, 0.5) is 10.1 Å². The largest absolute Gasteiger partial charge is 0.411 e. The van der Waals surface area contributed by atoms with Gasteiger partial charge >= 0.3 is 0 Å². The second-order valence-electron chi connectivity index (χ2n) is 6.03. The fraction of sp³-hybridized carbons (Fsp3) is 0.167. The third kappa shape index (κ3) is 5.19. The Morgan fingerprint density at radius 3 is 2.59 bits per heavy atom. The van der Waals surface area contributed by atoms with Crippen LogP contribution in [0.2, 0.25) is 0 Å². The van der Waals surface area contributed by atoms with Gasteiger partial charge in [0.25, 0.3) is 5.22 Å². The van der Waals surface area contributed by atoms with Crippen molar-refractivity contribution in [2.75, 3.05) is 25.2 Å². The van der Waals surface area contributed by atoms with E-state index in [2.05, 4.69) is 15.5 Å². The normalized spacial score (nSPS) is 11.6. The van der Waals surface area contributed by atoms with Crippen molar-refractivity contribution < 1.29 is 22.0 Å². The summed E-state index contributed by atoms with van der Waals surface area (Å²) < 4.78 is 43.9. The van der Waals surface area contributed by atoms with Gasteiger partial charge in [0, 0.05) is 25.3 Å².